The Hall–Kier alpha value is -1.88. The molecule has 0 spiro atoms. The van der Waals surface area contributed by atoms with Gasteiger partial charge in [0, 0.05) is 7.05 Å². The first-order chi connectivity index (χ1) is 7.07. The first-order valence-electron chi connectivity index (χ1n) is 4.43. The minimum absolute atomic E-state index is 0.108. The van der Waals surface area contributed by atoms with Gasteiger partial charge >= 0.3 is 0 Å². The maximum atomic E-state index is 11.3. The average Bonchev–Trinajstić information content (AvgIpc) is 2.27. The lowest BCUT2D eigenvalue weighted by Gasteiger charge is -2.18. The van der Waals surface area contributed by atoms with E-state index >= 15 is 0 Å². The molecule has 0 saturated heterocycles. The number of para-hydroxylation sites is 1. The Labute approximate surface area is 87.7 Å². The molecule has 2 amide bonds. The molecule has 0 saturated carbocycles. The maximum Gasteiger partial charge on any atom is 0.250 e. The van der Waals surface area contributed by atoms with Gasteiger partial charge in [0.05, 0.1) is 17.8 Å². The van der Waals surface area contributed by atoms with Crippen LogP contribution in [0.5, 0.6) is 0 Å². The predicted molar refractivity (Wildman–Crippen MR) is 57.4 cm³/mol. The summed E-state index contributed by atoms with van der Waals surface area (Å²) in [5, 5.41) is 0. The normalized spacial score (nSPS) is 9.73. The molecule has 0 fully saturated rings. The number of hydrogen-bond acceptors (Lipinski definition) is 3. The second kappa shape index (κ2) is 4.56. The van der Waals surface area contributed by atoms with Gasteiger partial charge in [0.2, 0.25) is 5.91 Å². The van der Waals surface area contributed by atoms with Gasteiger partial charge in [-0.1, -0.05) is 12.1 Å². The molecule has 0 aliphatic carbocycles. The van der Waals surface area contributed by atoms with Gasteiger partial charge in [0.25, 0.3) is 5.91 Å². The minimum Gasteiger partial charge on any atom is -0.366 e. The number of likely N-dealkylation sites (N-methyl/N-ethyl adjacent to an activating group) is 1. The predicted octanol–water partition coefficient (Wildman–Crippen LogP) is -0.293. The van der Waals surface area contributed by atoms with E-state index in [1.54, 1.807) is 31.3 Å². The van der Waals surface area contributed by atoms with Crippen molar-refractivity contribution in [2.24, 2.45) is 11.5 Å². The summed E-state index contributed by atoms with van der Waals surface area (Å²) >= 11 is 0. The van der Waals surface area contributed by atoms with Crippen LogP contribution in [0, 0.1) is 0 Å². The highest BCUT2D eigenvalue weighted by Crippen LogP contribution is 2.18. The molecule has 5 nitrogen and oxygen atoms in total. The fourth-order valence-electron chi connectivity index (χ4n) is 1.25. The number of carbonyl (C=O) groups is 2. The van der Waals surface area contributed by atoms with E-state index in [-0.39, 0.29) is 12.5 Å². The summed E-state index contributed by atoms with van der Waals surface area (Å²) in [6, 6.07) is 6.62. The van der Waals surface area contributed by atoms with Crippen molar-refractivity contribution in [3.63, 3.8) is 0 Å². The van der Waals surface area contributed by atoms with Crippen LogP contribution in [0.25, 0.3) is 0 Å². The van der Waals surface area contributed by atoms with Gasteiger partial charge in [-0.15, -0.1) is 0 Å². The van der Waals surface area contributed by atoms with Crippen molar-refractivity contribution in [2.45, 2.75) is 0 Å². The number of benzene rings is 1. The standard InChI is InChI=1S/C10H13N3O2/c1-13(9(14)6-11)8-5-3-2-4-7(8)10(12)15/h2-5H,6,11H2,1H3,(H2,12,15). The van der Waals surface area contributed by atoms with E-state index in [0.717, 1.165) is 0 Å². The van der Waals surface area contributed by atoms with Crippen molar-refractivity contribution in [3.05, 3.63) is 29.8 Å². The number of nitrogens with zero attached hydrogens (tertiary/aromatic N) is 1. The summed E-state index contributed by atoms with van der Waals surface area (Å²) in [6.45, 7) is -0.108. The van der Waals surface area contributed by atoms with Crippen LogP contribution >= 0.6 is 0 Å². The number of primary amides is 1. The van der Waals surface area contributed by atoms with Crippen molar-refractivity contribution >= 4 is 17.5 Å². The van der Waals surface area contributed by atoms with Crippen LogP contribution in [0.1, 0.15) is 10.4 Å². The van der Waals surface area contributed by atoms with E-state index in [0.29, 0.717) is 11.3 Å². The van der Waals surface area contributed by atoms with Gasteiger partial charge in [-0.25, -0.2) is 0 Å². The summed E-state index contributed by atoms with van der Waals surface area (Å²) in [5.41, 5.74) is 11.2. The second-order valence-corrected chi connectivity index (χ2v) is 3.04. The Morgan fingerprint density at radius 1 is 1.33 bits per heavy atom. The highest BCUT2D eigenvalue weighted by molar-refractivity contribution is 6.04. The molecule has 0 bridgehead atoms. The van der Waals surface area contributed by atoms with Crippen LogP contribution in [0.15, 0.2) is 24.3 Å². The zero-order chi connectivity index (χ0) is 11.4. The summed E-state index contributed by atoms with van der Waals surface area (Å²) in [6.07, 6.45) is 0. The smallest absolute Gasteiger partial charge is 0.250 e. The topological polar surface area (TPSA) is 89.4 Å². The molecule has 0 radical (unpaired) electrons. The van der Waals surface area contributed by atoms with E-state index in [1.165, 1.54) is 4.90 Å². The first kappa shape index (κ1) is 11.2. The summed E-state index contributed by atoms with van der Waals surface area (Å²) in [7, 11) is 1.55. The lowest BCUT2D eigenvalue weighted by Crippen LogP contribution is -2.34. The molecule has 1 rings (SSSR count). The van der Waals surface area contributed by atoms with Crippen LogP contribution in [0.4, 0.5) is 5.69 Å². The van der Waals surface area contributed by atoms with E-state index in [2.05, 4.69) is 0 Å². The van der Waals surface area contributed by atoms with Crippen molar-refractivity contribution < 1.29 is 9.59 Å². The van der Waals surface area contributed by atoms with Crippen molar-refractivity contribution in [1.29, 1.82) is 0 Å². The number of amides is 2. The van der Waals surface area contributed by atoms with Gasteiger partial charge in [-0.05, 0) is 12.1 Å². The van der Waals surface area contributed by atoms with Crippen LogP contribution in [0.3, 0.4) is 0 Å². The molecule has 4 N–H and O–H groups in total. The Kier molecular flexibility index (Phi) is 3.41. The van der Waals surface area contributed by atoms with E-state index in [4.69, 9.17) is 11.5 Å². The lowest BCUT2D eigenvalue weighted by molar-refractivity contribution is -0.117. The SMILES string of the molecule is CN(C(=O)CN)c1ccccc1C(N)=O. The molecule has 5 heteroatoms. The van der Waals surface area contributed by atoms with Crippen molar-refractivity contribution in [3.8, 4) is 0 Å². The summed E-state index contributed by atoms with van der Waals surface area (Å²) in [4.78, 5) is 23.7. The van der Waals surface area contributed by atoms with E-state index in [1.807, 2.05) is 0 Å². The third kappa shape index (κ3) is 2.32. The quantitative estimate of drug-likeness (QED) is 0.713. The van der Waals surface area contributed by atoms with Crippen LogP contribution < -0.4 is 16.4 Å². The molecule has 0 unspecified atom stereocenters. The van der Waals surface area contributed by atoms with Crippen LogP contribution in [-0.2, 0) is 4.79 Å². The Morgan fingerprint density at radius 3 is 2.47 bits per heavy atom. The third-order valence-corrected chi connectivity index (χ3v) is 2.08. The molecule has 0 aliphatic heterocycles. The van der Waals surface area contributed by atoms with Gasteiger partial charge in [0.1, 0.15) is 0 Å². The van der Waals surface area contributed by atoms with Crippen molar-refractivity contribution in [2.75, 3.05) is 18.5 Å². The third-order valence-electron chi connectivity index (χ3n) is 2.08. The van der Waals surface area contributed by atoms with Gasteiger partial charge in [-0.2, -0.15) is 0 Å². The number of carbonyl (C=O) groups excluding carboxylic acids is 2. The second-order valence-electron chi connectivity index (χ2n) is 3.04. The fraction of sp³-hybridized carbons (Fsp3) is 0.200. The molecular weight excluding hydrogens is 194 g/mol. The molecular formula is C10H13N3O2. The van der Waals surface area contributed by atoms with Gasteiger partial charge in [0.15, 0.2) is 0 Å². The molecule has 15 heavy (non-hydrogen) atoms. The molecule has 1 aromatic carbocycles. The highest BCUT2D eigenvalue weighted by Gasteiger charge is 2.14. The molecule has 0 heterocycles. The van der Waals surface area contributed by atoms with E-state index in [9.17, 15) is 9.59 Å². The lowest BCUT2D eigenvalue weighted by atomic mass is 10.1. The Bertz CT molecular complexity index is 390. The molecule has 0 aliphatic rings. The monoisotopic (exact) mass is 207 g/mol. The number of hydrogen-bond donors (Lipinski definition) is 2. The molecule has 80 valence electrons. The van der Waals surface area contributed by atoms with Gasteiger partial charge in [-0.3, -0.25) is 9.59 Å². The molecule has 0 aromatic heterocycles. The van der Waals surface area contributed by atoms with Crippen LogP contribution in [0.2, 0.25) is 0 Å². The highest BCUT2D eigenvalue weighted by atomic mass is 16.2. The van der Waals surface area contributed by atoms with Crippen LogP contribution in [-0.4, -0.2) is 25.4 Å². The maximum absolute atomic E-state index is 11.3. The Balaban J connectivity index is 3.13. The molecule has 1 aromatic rings. The summed E-state index contributed by atoms with van der Waals surface area (Å²) < 4.78 is 0. The molecule has 0 atom stereocenters. The average molecular weight is 207 g/mol. The largest absolute Gasteiger partial charge is 0.366 e. The fourth-order valence-corrected chi connectivity index (χ4v) is 1.25. The number of rotatable bonds is 3. The summed E-state index contributed by atoms with van der Waals surface area (Å²) in [5.74, 6) is -0.842. The Morgan fingerprint density at radius 2 is 1.93 bits per heavy atom. The van der Waals surface area contributed by atoms with E-state index < -0.39 is 5.91 Å². The zero-order valence-corrected chi connectivity index (χ0v) is 8.43. The van der Waals surface area contributed by atoms with Crippen molar-refractivity contribution in [1.82, 2.24) is 0 Å². The first-order valence-corrected chi connectivity index (χ1v) is 4.43. The number of anilines is 1. The zero-order valence-electron chi connectivity index (χ0n) is 8.43. The van der Waals surface area contributed by atoms with Gasteiger partial charge < -0.3 is 16.4 Å². The number of nitrogens with two attached hydrogens (primary N) is 2. The minimum atomic E-state index is -0.567.